The Morgan fingerprint density at radius 1 is 1.32 bits per heavy atom. The molecule has 1 aromatic carbocycles. The van der Waals surface area contributed by atoms with Gasteiger partial charge in [-0.25, -0.2) is 0 Å². The van der Waals surface area contributed by atoms with Crippen LogP contribution in [0.4, 0.5) is 0 Å². The first-order chi connectivity index (χ1) is 9.26. The first kappa shape index (κ1) is 12.8. The summed E-state index contributed by atoms with van der Waals surface area (Å²) in [6.45, 7) is 1.94. The van der Waals surface area contributed by atoms with Gasteiger partial charge >= 0.3 is 0 Å². The van der Waals surface area contributed by atoms with Crippen LogP contribution in [0.3, 0.4) is 0 Å². The van der Waals surface area contributed by atoms with E-state index in [2.05, 4.69) is 5.32 Å². The molecule has 2 N–H and O–H groups in total. The fourth-order valence-electron chi connectivity index (χ4n) is 3.87. The number of nitrogens with one attached hydrogen (secondary N) is 1. The van der Waals surface area contributed by atoms with Crippen molar-refractivity contribution in [1.29, 1.82) is 0 Å². The third-order valence-electron chi connectivity index (χ3n) is 4.86. The molecule has 3 rings (SSSR count). The van der Waals surface area contributed by atoms with Crippen molar-refractivity contribution in [3.63, 3.8) is 0 Å². The van der Waals surface area contributed by atoms with E-state index >= 15 is 0 Å². The second kappa shape index (κ2) is 5.41. The zero-order valence-corrected chi connectivity index (χ0v) is 11.6. The quantitative estimate of drug-likeness (QED) is 0.856. The van der Waals surface area contributed by atoms with Crippen molar-refractivity contribution in [2.45, 2.75) is 32.2 Å². The van der Waals surface area contributed by atoms with E-state index in [0.717, 1.165) is 36.4 Å². The van der Waals surface area contributed by atoms with E-state index in [0.29, 0.717) is 5.75 Å². The zero-order chi connectivity index (χ0) is 13.2. The fourth-order valence-corrected chi connectivity index (χ4v) is 3.87. The van der Waals surface area contributed by atoms with Gasteiger partial charge in [0.05, 0.1) is 7.11 Å². The number of fused-ring (bicyclic) bond motifs is 2. The van der Waals surface area contributed by atoms with E-state index < -0.39 is 0 Å². The van der Waals surface area contributed by atoms with Gasteiger partial charge in [-0.1, -0.05) is 12.5 Å². The molecule has 0 aromatic heterocycles. The van der Waals surface area contributed by atoms with E-state index in [4.69, 9.17) is 4.74 Å². The number of phenols is 1. The standard InChI is InChI=1S/C16H23NO2/c1-19-16-5-3-12(8-15(16)18)9-17-10-14-7-11-2-4-13(14)6-11/h3,5,8,11,13-14,17-18H,2,4,6-7,9-10H2,1H3. The maximum absolute atomic E-state index is 9.74. The third kappa shape index (κ3) is 2.71. The summed E-state index contributed by atoms with van der Waals surface area (Å²) in [7, 11) is 1.57. The predicted octanol–water partition coefficient (Wildman–Crippen LogP) is 2.93. The predicted molar refractivity (Wildman–Crippen MR) is 75.3 cm³/mol. The number of hydrogen-bond acceptors (Lipinski definition) is 3. The summed E-state index contributed by atoms with van der Waals surface area (Å²) < 4.78 is 5.05. The Hall–Kier alpha value is -1.22. The maximum atomic E-state index is 9.74. The lowest BCUT2D eigenvalue weighted by Gasteiger charge is -2.22. The van der Waals surface area contributed by atoms with Crippen LogP contribution in [0.15, 0.2) is 18.2 Å². The van der Waals surface area contributed by atoms with E-state index in [-0.39, 0.29) is 5.75 Å². The molecule has 0 aliphatic heterocycles. The highest BCUT2D eigenvalue weighted by Crippen LogP contribution is 2.47. The number of rotatable bonds is 5. The fraction of sp³-hybridized carbons (Fsp3) is 0.625. The summed E-state index contributed by atoms with van der Waals surface area (Å²) >= 11 is 0. The molecule has 2 aliphatic rings. The molecule has 2 bridgehead atoms. The molecule has 0 saturated heterocycles. The molecule has 0 amide bonds. The summed E-state index contributed by atoms with van der Waals surface area (Å²) in [5.74, 6) is 3.63. The molecule has 104 valence electrons. The lowest BCUT2D eigenvalue weighted by molar-refractivity contribution is 0.318. The molecule has 1 aromatic rings. The van der Waals surface area contributed by atoms with Crippen molar-refractivity contribution in [1.82, 2.24) is 5.32 Å². The second-order valence-corrected chi connectivity index (χ2v) is 6.07. The molecule has 3 unspecified atom stereocenters. The minimum Gasteiger partial charge on any atom is -0.504 e. The smallest absolute Gasteiger partial charge is 0.160 e. The van der Waals surface area contributed by atoms with Crippen molar-refractivity contribution in [3.05, 3.63) is 23.8 Å². The van der Waals surface area contributed by atoms with Crippen molar-refractivity contribution < 1.29 is 9.84 Å². The van der Waals surface area contributed by atoms with Crippen molar-refractivity contribution >= 4 is 0 Å². The van der Waals surface area contributed by atoms with Crippen LogP contribution in [0.5, 0.6) is 11.5 Å². The van der Waals surface area contributed by atoms with Crippen molar-refractivity contribution in [3.8, 4) is 11.5 Å². The second-order valence-electron chi connectivity index (χ2n) is 6.07. The van der Waals surface area contributed by atoms with Gasteiger partial charge in [0.25, 0.3) is 0 Å². The summed E-state index contributed by atoms with van der Waals surface area (Å²) in [4.78, 5) is 0. The van der Waals surface area contributed by atoms with E-state index in [1.165, 1.54) is 25.7 Å². The number of benzene rings is 1. The zero-order valence-electron chi connectivity index (χ0n) is 11.6. The van der Waals surface area contributed by atoms with Gasteiger partial charge in [-0.3, -0.25) is 0 Å². The normalized spacial score (nSPS) is 28.8. The third-order valence-corrected chi connectivity index (χ3v) is 4.86. The number of hydrogen-bond donors (Lipinski definition) is 2. The van der Waals surface area contributed by atoms with Gasteiger partial charge in [0, 0.05) is 6.54 Å². The number of aromatic hydroxyl groups is 1. The Bertz CT molecular complexity index is 446. The highest BCUT2D eigenvalue weighted by atomic mass is 16.5. The SMILES string of the molecule is COc1ccc(CNCC2CC3CCC2C3)cc1O. The van der Waals surface area contributed by atoms with Gasteiger partial charge in [-0.05, 0) is 61.3 Å². The molecule has 0 heterocycles. The van der Waals surface area contributed by atoms with Gasteiger partial charge in [0.15, 0.2) is 11.5 Å². The lowest BCUT2D eigenvalue weighted by Crippen LogP contribution is -2.26. The largest absolute Gasteiger partial charge is 0.504 e. The van der Waals surface area contributed by atoms with Gasteiger partial charge < -0.3 is 15.2 Å². The highest BCUT2D eigenvalue weighted by molar-refractivity contribution is 5.41. The Morgan fingerprint density at radius 3 is 2.84 bits per heavy atom. The molecular weight excluding hydrogens is 238 g/mol. The van der Waals surface area contributed by atoms with E-state index in [9.17, 15) is 5.11 Å². The summed E-state index contributed by atoms with van der Waals surface area (Å²) in [5.41, 5.74) is 1.11. The average molecular weight is 261 g/mol. The van der Waals surface area contributed by atoms with Crippen LogP contribution < -0.4 is 10.1 Å². The van der Waals surface area contributed by atoms with Crippen LogP contribution in [0.2, 0.25) is 0 Å². The number of methoxy groups -OCH3 is 1. The van der Waals surface area contributed by atoms with E-state index in [1.54, 1.807) is 13.2 Å². The van der Waals surface area contributed by atoms with E-state index in [1.807, 2.05) is 12.1 Å². The Labute approximate surface area is 115 Å². The van der Waals surface area contributed by atoms with Gasteiger partial charge in [-0.2, -0.15) is 0 Å². The van der Waals surface area contributed by atoms with Gasteiger partial charge in [0.2, 0.25) is 0 Å². The van der Waals surface area contributed by atoms with Crippen LogP contribution >= 0.6 is 0 Å². The first-order valence-electron chi connectivity index (χ1n) is 7.33. The first-order valence-corrected chi connectivity index (χ1v) is 7.33. The molecule has 2 saturated carbocycles. The maximum Gasteiger partial charge on any atom is 0.160 e. The van der Waals surface area contributed by atoms with Gasteiger partial charge in [-0.15, -0.1) is 0 Å². The minimum atomic E-state index is 0.224. The molecule has 3 heteroatoms. The monoisotopic (exact) mass is 261 g/mol. The average Bonchev–Trinajstić information content (AvgIpc) is 3.01. The molecule has 3 nitrogen and oxygen atoms in total. The van der Waals surface area contributed by atoms with Crippen LogP contribution in [0, 0.1) is 17.8 Å². The lowest BCUT2D eigenvalue weighted by atomic mass is 9.89. The molecule has 3 atom stereocenters. The van der Waals surface area contributed by atoms with Crippen LogP contribution in [-0.4, -0.2) is 18.8 Å². The Morgan fingerprint density at radius 2 is 2.21 bits per heavy atom. The highest BCUT2D eigenvalue weighted by Gasteiger charge is 2.38. The van der Waals surface area contributed by atoms with Gasteiger partial charge in [0.1, 0.15) is 0 Å². The Kier molecular flexibility index (Phi) is 3.65. The van der Waals surface area contributed by atoms with Crippen LogP contribution in [-0.2, 0) is 6.54 Å². The summed E-state index contributed by atoms with van der Waals surface area (Å²) in [6.07, 6.45) is 5.80. The molecular formula is C16H23NO2. The topological polar surface area (TPSA) is 41.5 Å². The number of ether oxygens (including phenoxy) is 1. The Balaban J connectivity index is 1.48. The van der Waals surface area contributed by atoms with Crippen molar-refractivity contribution in [2.75, 3.05) is 13.7 Å². The van der Waals surface area contributed by atoms with Crippen molar-refractivity contribution in [2.24, 2.45) is 17.8 Å². The molecule has 0 spiro atoms. The minimum absolute atomic E-state index is 0.224. The summed E-state index contributed by atoms with van der Waals surface area (Å²) in [5, 5.41) is 13.3. The van der Waals surface area contributed by atoms with Crippen LogP contribution in [0.1, 0.15) is 31.2 Å². The molecule has 19 heavy (non-hydrogen) atoms. The molecule has 0 radical (unpaired) electrons. The van der Waals surface area contributed by atoms with Crippen LogP contribution in [0.25, 0.3) is 0 Å². The molecule has 2 aliphatic carbocycles. The summed E-state index contributed by atoms with van der Waals surface area (Å²) in [6, 6.07) is 5.61. The number of phenolic OH excluding ortho intramolecular Hbond substituents is 1. The molecule has 2 fully saturated rings.